The molecule has 196 valence electrons. The van der Waals surface area contributed by atoms with Crippen molar-refractivity contribution in [3.63, 3.8) is 0 Å². The number of unbranched alkanes of at least 4 members (excludes halogenated alkanes) is 2. The van der Waals surface area contributed by atoms with Crippen molar-refractivity contribution >= 4 is 30.2 Å². The Bertz CT molecular complexity index is 1050. The van der Waals surface area contributed by atoms with Crippen molar-refractivity contribution in [1.29, 1.82) is 0 Å². The number of nitrogens with one attached hydrogen (secondary N) is 1. The number of aromatic hydroxyl groups is 1. The molecular weight excluding hydrogens is 474 g/mol. The first-order chi connectivity index (χ1) is 17.3. The summed E-state index contributed by atoms with van der Waals surface area (Å²) in [7, 11) is 0. The summed E-state index contributed by atoms with van der Waals surface area (Å²) in [5.41, 5.74) is 6.78. The number of hydrogen-bond donors (Lipinski definition) is 4. The summed E-state index contributed by atoms with van der Waals surface area (Å²) in [5.74, 6) is 2.06. The molecule has 7 nitrogen and oxygen atoms in total. The molecular formula is C28H39N3O4S. The largest absolute Gasteiger partial charge is 0.508 e. The molecule has 8 heteroatoms. The number of phenolic OH excluding ortho intramolecular Hbond substituents is 1. The minimum absolute atomic E-state index is 0.0507. The van der Waals surface area contributed by atoms with Crippen LogP contribution in [0.3, 0.4) is 0 Å². The summed E-state index contributed by atoms with van der Waals surface area (Å²) in [6.45, 7) is 2.86. The number of aryl methyl sites for hydroxylation is 1. The van der Waals surface area contributed by atoms with Crippen LogP contribution in [0.5, 0.6) is 5.75 Å². The molecule has 1 saturated heterocycles. The van der Waals surface area contributed by atoms with E-state index in [-0.39, 0.29) is 28.9 Å². The Labute approximate surface area is 219 Å². The van der Waals surface area contributed by atoms with E-state index in [4.69, 9.17) is 0 Å². The lowest BCUT2D eigenvalue weighted by molar-refractivity contribution is -0.133. The number of rotatable bonds is 7. The van der Waals surface area contributed by atoms with Gasteiger partial charge in [0.2, 0.25) is 11.8 Å². The first-order valence-corrected chi connectivity index (χ1v) is 14.1. The van der Waals surface area contributed by atoms with Crippen LogP contribution >= 0.6 is 12.6 Å². The van der Waals surface area contributed by atoms with Gasteiger partial charge in [-0.05, 0) is 92.4 Å². The van der Waals surface area contributed by atoms with Gasteiger partial charge in [0.05, 0.1) is 5.25 Å². The SMILES string of the molecule is CC12CCC3c4ccc(O)cc4CCC3C1CC/C2=N\NC(=O)CCCCCN1C(=O)CC(S)[C@H]1O. The minimum atomic E-state index is -0.802. The summed E-state index contributed by atoms with van der Waals surface area (Å²) in [6.07, 6.45) is 8.70. The second-order valence-corrected chi connectivity index (χ2v) is 12.1. The number of phenols is 1. The van der Waals surface area contributed by atoms with Crippen molar-refractivity contribution < 1.29 is 19.8 Å². The number of likely N-dealkylation sites (tertiary alicyclic amines) is 1. The van der Waals surface area contributed by atoms with E-state index >= 15 is 0 Å². The van der Waals surface area contributed by atoms with E-state index in [1.165, 1.54) is 16.0 Å². The third kappa shape index (κ3) is 4.78. The van der Waals surface area contributed by atoms with Gasteiger partial charge >= 0.3 is 0 Å². The van der Waals surface area contributed by atoms with Crippen molar-refractivity contribution in [3.05, 3.63) is 29.3 Å². The van der Waals surface area contributed by atoms with Gasteiger partial charge in [-0.1, -0.05) is 19.4 Å². The molecule has 3 fully saturated rings. The third-order valence-corrected chi connectivity index (χ3v) is 9.89. The number of thiol groups is 1. The summed E-state index contributed by atoms with van der Waals surface area (Å²) in [4.78, 5) is 25.8. The van der Waals surface area contributed by atoms with E-state index in [0.29, 0.717) is 36.5 Å². The Morgan fingerprint density at radius 3 is 2.83 bits per heavy atom. The van der Waals surface area contributed by atoms with Crippen molar-refractivity contribution in [2.24, 2.45) is 22.4 Å². The second kappa shape index (κ2) is 10.4. The topological polar surface area (TPSA) is 102 Å². The minimum Gasteiger partial charge on any atom is -0.508 e. The molecule has 1 aromatic rings. The van der Waals surface area contributed by atoms with E-state index in [2.05, 4.69) is 36.1 Å². The normalized spacial score (nSPS) is 34.4. The highest BCUT2D eigenvalue weighted by atomic mass is 32.1. The highest BCUT2D eigenvalue weighted by Crippen LogP contribution is 2.59. The molecule has 5 unspecified atom stereocenters. The predicted octanol–water partition coefficient (Wildman–Crippen LogP) is 4.13. The Hall–Kier alpha value is -2.06. The first-order valence-electron chi connectivity index (χ1n) is 13.6. The van der Waals surface area contributed by atoms with Gasteiger partial charge in [0.1, 0.15) is 12.0 Å². The standard InChI is InChI=1S/C28H39N3O4S/c1-28-13-12-20-19-9-7-18(32)15-17(19)6-8-21(20)22(28)10-11-24(28)29-30-25(33)5-3-2-4-14-31-26(34)16-23(36)27(31)35/h7,9,15,20-23,27,32,35-36H,2-6,8,10-14,16H2,1H3,(H,30,33)/b29-24+/t20?,21?,22?,23?,27-,28?/m1/s1. The van der Waals surface area contributed by atoms with Crippen LogP contribution in [0.1, 0.15) is 88.2 Å². The molecule has 4 aliphatic rings. The average Bonchev–Trinajstić information content (AvgIpc) is 3.31. The van der Waals surface area contributed by atoms with Crippen LogP contribution in [-0.2, 0) is 16.0 Å². The number of aliphatic hydroxyl groups excluding tert-OH is 1. The third-order valence-electron chi connectivity index (χ3n) is 9.44. The lowest BCUT2D eigenvalue weighted by Crippen LogP contribution is -2.43. The Morgan fingerprint density at radius 1 is 1.22 bits per heavy atom. The Kier molecular flexibility index (Phi) is 7.37. The summed E-state index contributed by atoms with van der Waals surface area (Å²) in [5, 5.41) is 24.2. The van der Waals surface area contributed by atoms with Crippen LogP contribution in [0.2, 0.25) is 0 Å². The zero-order valence-corrected chi connectivity index (χ0v) is 22.1. The maximum absolute atomic E-state index is 12.5. The quantitative estimate of drug-likeness (QED) is 0.250. The number of hydrogen-bond acceptors (Lipinski definition) is 6. The zero-order valence-electron chi connectivity index (χ0n) is 21.2. The highest BCUT2D eigenvalue weighted by molar-refractivity contribution is 7.81. The molecule has 3 aliphatic carbocycles. The lowest BCUT2D eigenvalue weighted by Gasteiger charge is -2.49. The molecule has 3 N–H and O–H groups in total. The lowest BCUT2D eigenvalue weighted by atomic mass is 9.55. The maximum Gasteiger partial charge on any atom is 0.240 e. The van der Waals surface area contributed by atoms with Crippen LogP contribution in [0.4, 0.5) is 0 Å². The number of nitrogens with zero attached hydrogens (tertiary/aromatic N) is 2. The van der Waals surface area contributed by atoms with Gasteiger partial charge < -0.3 is 15.1 Å². The predicted molar refractivity (Wildman–Crippen MR) is 142 cm³/mol. The van der Waals surface area contributed by atoms with Crippen LogP contribution in [0.15, 0.2) is 23.3 Å². The summed E-state index contributed by atoms with van der Waals surface area (Å²) in [6, 6.07) is 5.92. The number of hydrazone groups is 1. The van der Waals surface area contributed by atoms with Crippen molar-refractivity contribution in [1.82, 2.24) is 10.3 Å². The maximum atomic E-state index is 12.5. The van der Waals surface area contributed by atoms with Crippen molar-refractivity contribution in [3.8, 4) is 5.75 Å². The van der Waals surface area contributed by atoms with E-state index in [1.807, 2.05) is 12.1 Å². The number of carbonyl (C=O) groups excluding carboxylic acids is 2. The molecule has 1 aromatic carbocycles. The van der Waals surface area contributed by atoms with Gasteiger partial charge in [0.25, 0.3) is 0 Å². The number of fused-ring (bicyclic) bond motifs is 5. The highest BCUT2D eigenvalue weighted by Gasteiger charge is 2.53. The number of aliphatic hydroxyl groups is 1. The van der Waals surface area contributed by atoms with Gasteiger partial charge in [0.15, 0.2) is 0 Å². The van der Waals surface area contributed by atoms with Crippen LogP contribution in [0.25, 0.3) is 0 Å². The fraction of sp³-hybridized carbons (Fsp3) is 0.679. The number of carbonyl (C=O) groups is 2. The molecule has 0 aromatic heterocycles. The van der Waals surface area contributed by atoms with E-state index in [1.54, 1.807) is 0 Å². The van der Waals surface area contributed by atoms with E-state index in [9.17, 15) is 19.8 Å². The van der Waals surface area contributed by atoms with E-state index in [0.717, 1.165) is 63.5 Å². The average molecular weight is 514 g/mol. The summed E-state index contributed by atoms with van der Waals surface area (Å²) >= 11 is 4.24. The number of amides is 2. The van der Waals surface area contributed by atoms with E-state index < -0.39 is 6.23 Å². The van der Waals surface area contributed by atoms with Crippen molar-refractivity contribution in [2.75, 3.05) is 6.54 Å². The van der Waals surface area contributed by atoms with Gasteiger partial charge in [0, 0.05) is 30.5 Å². The Balaban J connectivity index is 1.10. The van der Waals surface area contributed by atoms with Gasteiger partial charge in [-0.25, -0.2) is 5.43 Å². The Morgan fingerprint density at radius 2 is 2.06 bits per heavy atom. The smallest absolute Gasteiger partial charge is 0.240 e. The zero-order chi connectivity index (χ0) is 25.4. The first kappa shape index (κ1) is 25.6. The number of benzene rings is 1. The monoisotopic (exact) mass is 513 g/mol. The molecule has 36 heavy (non-hydrogen) atoms. The molecule has 6 atom stereocenters. The molecule has 2 amide bonds. The van der Waals surface area contributed by atoms with Gasteiger partial charge in [-0.2, -0.15) is 17.7 Å². The molecule has 2 saturated carbocycles. The van der Waals surface area contributed by atoms with Gasteiger partial charge in [-0.3, -0.25) is 9.59 Å². The second-order valence-electron chi connectivity index (χ2n) is 11.5. The van der Waals surface area contributed by atoms with Gasteiger partial charge in [-0.15, -0.1) is 0 Å². The molecule has 0 bridgehead atoms. The fourth-order valence-electron chi connectivity index (χ4n) is 7.49. The fourth-order valence-corrected chi connectivity index (χ4v) is 7.80. The van der Waals surface area contributed by atoms with Crippen LogP contribution in [0, 0.1) is 17.3 Å². The molecule has 1 aliphatic heterocycles. The van der Waals surface area contributed by atoms with Crippen LogP contribution < -0.4 is 5.43 Å². The molecule has 1 heterocycles. The van der Waals surface area contributed by atoms with Crippen LogP contribution in [-0.4, -0.2) is 50.7 Å². The molecule has 0 spiro atoms. The summed E-state index contributed by atoms with van der Waals surface area (Å²) < 4.78 is 0. The van der Waals surface area contributed by atoms with Crippen molar-refractivity contribution in [2.45, 2.75) is 94.9 Å². The molecule has 0 radical (unpaired) electrons. The molecule has 5 rings (SSSR count).